The second kappa shape index (κ2) is 7.92. The van der Waals surface area contributed by atoms with Crippen molar-refractivity contribution in [2.24, 2.45) is 0 Å². The topological polar surface area (TPSA) is 50.4 Å². The zero-order valence-corrected chi connectivity index (χ0v) is 12.3. The van der Waals surface area contributed by atoms with Gasteiger partial charge in [0.2, 0.25) is 0 Å². The first-order valence-electron chi connectivity index (χ1n) is 6.62. The smallest absolute Gasteiger partial charge is 0.251 e. The predicted octanol–water partition coefficient (Wildman–Crippen LogP) is 1.58. The van der Waals surface area contributed by atoms with Gasteiger partial charge in [0, 0.05) is 32.3 Å². The summed E-state index contributed by atoms with van der Waals surface area (Å²) in [5, 5.41) is 6.13. The summed E-state index contributed by atoms with van der Waals surface area (Å²) in [7, 11) is 1.67. The molecule has 0 spiro atoms. The van der Waals surface area contributed by atoms with E-state index in [-0.39, 0.29) is 5.91 Å². The summed E-state index contributed by atoms with van der Waals surface area (Å²) in [6.07, 6.45) is 0. The van der Waals surface area contributed by atoms with Crippen LogP contribution in [0.1, 0.15) is 27.0 Å². The molecule has 0 aliphatic heterocycles. The molecule has 0 saturated heterocycles. The number of aryl methyl sites for hydroxylation is 3. The van der Waals surface area contributed by atoms with E-state index < -0.39 is 0 Å². The Balaban J connectivity index is 2.46. The van der Waals surface area contributed by atoms with E-state index in [1.54, 1.807) is 7.11 Å². The third kappa shape index (κ3) is 5.01. The van der Waals surface area contributed by atoms with Crippen molar-refractivity contribution in [1.82, 2.24) is 10.6 Å². The van der Waals surface area contributed by atoms with Crippen LogP contribution in [0.4, 0.5) is 0 Å². The molecule has 0 bridgehead atoms. The summed E-state index contributed by atoms with van der Waals surface area (Å²) in [6.45, 7) is 8.85. The van der Waals surface area contributed by atoms with Crippen LogP contribution < -0.4 is 10.6 Å². The molecule has 1 rings (SSSR count). The Kier molecular flexibility index (Phi) is 6.53. The van der Waals surface area contributed by atoms with Gasteiger partial charge in [-0.15, -0.1) is 0 Å². The van der Waals surface area contributed by atoms with Gasteiger partial charge in [0.15, 0.2) is 0 Å². The number of amides is 1. The van der Waals surface area contributed by atoms with Crippen LogP contribution in [0.15, 0.2) is 12.1 Å². The minimum absolute atomic E-state index is 0.00328. The molecule has 0 radical (unpaired) electrons. The molecule has 1 amide bonds. The van der Waals surface area contributed by atoms with Crippen molar-refractivity contribution >= 4 is 5.91 Å². The van der Waals surface area contributed by atoms with Crippen molar-refractivity contribution in [2.75, 3.05) is 33.4 Å². The SMILES string of the molecule is COCCNCCNC(=O)c1c(C)cc(C)cc1C. The lowest BCUT2D eigenvalue weighted by atomic mass is 9.99. The molecule has 0 aliphatic rings. The van der Waals surface area contributed by atoms with Gasteiger partial charge < -0.3 is 15.4 Å². The average Bonchev–Trinajstić information content (AvgIpc) is 2.32. The average molecular weight is 264 g/mol. The fraction of sp³-hybridized carbons (Fsp3) is 0.533. The Morgan fingerprint density at radius 1 is 1.11 bits per heavy atom. The summed E-state index contributed by atoms with van der Waals surface area (Å²) < 4.78 is 4.93. The van der Waals surface area contributed by atoms with Gasteiger partial charge in [0.05, 0.1) is 6.61 Å². The van der Waals surface area contributed by atoms with Gasteiger partial charge in [-0.3, -0.25) is 4.79 Å². The molecule has 0 heterocycles. The second-order valence-electron chi connectivity index (χ2n) is 4.77. The Bertz CT molecular complexity index is 407. The standard InChI is InChI=1S/C15H24N2O2/c1-11-9-12(2)14(13(3)10-11)15(18)17-6-5-16-7-8-19-4/h9-10,16H,5-8H2,1-4H3,(H,17,18). The number of methoxy groups -OCH3 is 1. The molecule has 0 atom stereocenters. The van der Waals surface area contributed by atoms with Crippen molar-refractivity contribution in [2.45, 2.75) is 20.8 Å². The van der Waals surface area contributed by atoms with Gasteiger partial charge in [-0.1, -0.05) is 17.7 Å². The molecule has 0 unspecified atom stereocenters. The van der Waals surface area contributed by atoms with Gasteiger partial charge in [0.25, 0.3) is 5.91 Å². The van der Waals surface area contributed by atoms with Crippen molar-refractivity contribution in [3.8, 4) is 0 Å². The second-order valence-corrected chi connectivity index (χ2v) is 4.77. The number of carbonyl (C=O) groups excluding carboxylic acids is 1. The van der Waals surface area contributed by atoms with E-state index in [1.807, 2.05) is 32.9 Å². The first-order chi connectivity index (χ1) is 9.06. The fourth-order valence-corrected chi connectivity index (χ4v) is 2.19. The molecule has 106 valence electrons. The lowest BCUT2D eigenvalue weighted by Gasteiger charge is -2.12. The van der Waals surface area contributed by atoms with Crippen LogP contribution in [0.3, 0.4) is 0 Å². The lowest BCUT2D eigenvalue weighted by Crippen LogP contribution is -2.33. The highest BCUT2D eigenvalue weighted by molar-refractivity contribution is 5.97. The van der Waals surface area contributed by atoms with Crippen molar-refractivity contribution in [3.63, 3.8) is 0 Å². The monoisotopic (exact) mass is 264 g/mol. The van der Waals surface area contributed by atoms with Gasteiger partial charge >= 0.3 is 0 Å². The minimum Gasteiger partial charge on any atom is -0.383 e. The molecule has 4 heteroatoms. The van der Waals surface area contributed by atoms with Crippen LogP contribution in [-0.4, -0.2) is 39.3 Å². The fourth-order valence-electron chi connectivity index (χ4n) is 2.19. The number of ether oxygens (including phenoxy) is 1. The van der Waals surface area contributed by atoms with E-state index in [2.05, 4.69) is 10.6 Å². The number of hydrogen-bond acceptors (Lipinski definition) is 3. The van der Waals surface area contributed by atoms with Crippen LogP contribution in [0.5, 0.6) is 0 Å². The molecule has 0 aromatic heterocycles. The predicted molar refractivity (Wildman–Crippen MR) is 77.7 cm³/mol. The minimum atomic E-state index is 0.00328. The maximum Gasteiger partial charge on any atom is 0.251 e. The maximum atomic E-state index is 12.1. The third-order valence-corrected chi connectivity index (χ3v) is 2.97. The first kappa shape index (κ1) is 15.7. The first-order valence-corrected chi connectivity index (χ1v) is 6.62. The largest absolute Gasteiger partial charge is 0.383 e. The normalized spacial score (nSPS) is 10.5. The van der Waals surface area contributed by atoms with E-state index in [0.717, 1.165) is 29.8 Å². The molecule has 0 saturated carbocycles. The summed E-state index contributed by atoms with van der Waals surface area (Å²) >= 11 is 0. The molecule has 1 aromatic carbocycles. The van der Waals surface area contributed by atoms with Gasteiger partial charge in [-0.25, -0.2) is 0 Å². The van der Waals surface area contributed by atoms with Crippen molar-refractivity contribution in [1.29, 1.82) is 0 Å². The molecular weight excluding hydrogens is 240 g/mol. The van der Waals surface area contributed by atoms with Crippen LogP contribution in [0.25, 0.3) is 0 Å². The van der Waals surface area contributed by atoms with E-state index in [9.17, 15) is 4.79 Å². The van der Waals surface area contributed by atoms with Gasteiger partial charge in [0.1, 0.15) is 0 Å². The van der Waals surface area contributed by atoms with Crippen LogP contribution >= 0.6 is 0 Å². The number of carbonyl (C=O) groups is 1. The molecule has 0 aliphatic carbocycles. The Hall–Kier alpha value is -1.39. The summed E-state index contributed by atoms with van der Waals surface area (Å²) in [4.78, 5) is 12.1. The molecule has 1 aromatic rings. The molecule has 4 nitrogen and oxygen atoms in total. The Labute approximate surface area is 115 Å². The van der Waals surface area contributed by atoms with Gasteiger partial charge in [-0.2, -0.15) is 0 Å². The third-order valence-electron chi connectivity index (χ3n) is 2.97. The highest BCUT2D eigenvalue weighted by Crippen LogP contribution is 2.15. The van der Waals surface area contributed by atoms with Crippen LogP contribution in [0.2, 0.25) is 0 Å². The molecule has 2 N–H and O–H groups in total. The highest BCUT2D eigenvalue weighted by atomic mass is 16.5. The summed E-state index contributed by atoms with van der Waals surface area (Å²) in [6, 6.07) is 4.08. The van der Waals surface area contributed by atoms with Crippen molar-refractivity contribution < 1.29 is 9.53 Å². The molecular formula is C15H24N2O2. The number of rotatable bonds is 7. The summed E-state index contributed by atoms with van der Waals surface area (Å²) in [5.41, 5.74) is 4.04. The van der Waals surface area contributed by atoms with Crippen molar-refractivity contribution in [3.05, 3.63) is 34.4 Å². The summed E-state index contributed by atoms with van der Waals surface area (Å²) in [5.74, 6) is 0.00328. The highest BCUT2D eigenvalue weighted by Gasteiger charge is 2.11. The van der Waals surface area contributed by atoms with E-state index in [0.29, 0.717) is 13.2 Å². The number of benzene rings is 1. The lowest BCUT2D eigenvalue weighted by molar-refractivity contribution is 0.0952. The zero-order valence-electron chi connectivity index (χ0n) is 12.3. The van der Waals surface area contributed by atoms with Crippen LogP contribution in [0, 0.1) is 20.8 Å². The van der Waals surface area contributed by atoms with E-state index in [4.69, 9.17) is 4.74 Å². The number of nitrogens with one attached hydrogen (secondary N) is 2. The van der Waals surface area contributed by atoms with Crippen LogP contribution in [-0.2, 0) is 4.74 Å². The molecule has 0 fully saturated rings. The molecule has 19 heavy (non-hydrogen) atoms. The van der Waals surface area contributed by atoms with Gasteiger partial charge in [-0.05, 0) is 31.9 Å². The Morgan fingerprint density at radius 3 is 2.32 bits per heavy atom. The van der Waals surface area contributed by atoms with E-state index in [1.165, 1.54) is 5.56 Å². The maximum absolute atomic E-state index is 12.1. The zero-order chi connectivity index (χ0) is 14.3. The number of hydrogen-bond donors (Lipinski definition) is 2. The quantitative estimate of drug-likeness (QED) is 0.735. The Morgan fingerprint density at radius 2 is 1.74 bits per heavy atom. The van der Waals surface area contributed by atoms with E-state index >= 15 is 0 Å².